The van der Waals surface area contributed by atoms with Crippen molar-refractivity contribution in [1.82, 2.24) is 9.55 Å². The number of ether oxygens (including phenoxy) is 3. The van der Waals surface area contributed by atoms with Crippen molar-refractivity contribution in [2.45, 2.75) is 38.5 Å². The number of hydrogen-bond acceptors (Lipinski definition) is 5. The summed E-state index contributed by atoms with van der Waals surface area (Å²) >= 11 is 0. The molecule has 0 bridgehead atoms. The Morgan fingerprint density at radius 1 is 0.769 bits per heavy atom. The van der Waals surface area contributed by atoms with Gasteiger partial charge in [-0.25, -0.2) is 0 Å². The number of hydrogen-bond donors (Lipinski definition) is 1. The van der Waals surface area contributed by atoms with Crippen molar-refractivity contribution >= 4 is 35.5 Å². The first-order valence-electron chi connectivity index (χ1n) is 12.9. The van der Waals surface area contributed by atoms with E-state index < -0.39 is 5.97 Å². The maximum absolute atomic E-state index is 10.7. The first kappa shape index (κ1) is 30.3. The van der Waals surface area contributed by atoms with E-state index in [0.29, 0.717) is 19.0 Å². The van der Waals surface area contributed by atoms with E-state index in [4.69, 9.17) is 24.3 Å². The summed E-state index contributed by atoms with van der Waals surface area (Å²) in [7, 11) is 3.31. The number of methoxy groups -OCH3 is 2. The van der Waals surface area contributed by atoms with Crippen LogP contribution in [0.25, 0.3) is 28.2 Å². The standard InChI is InChI=1S/C31H34N2O5.Na.H/c1-36-26-18-14-23(15-19-26)29-30(24-16-20-27(37-2)21-17-24)33(25-11-7-6-8-12-25)31(32-29)38-22-10-5-3-4-9-13-28(34)35;;/h6-8,11-12,14-21H,3-5,9-10,13,22H2,1-2H3,(H,34,35);;. The predicted molar refractivity (Wildman–Crippen MR) is 156 cm³/mol. The Kier molecular flexibility index (Phi) is 11.9. The van der Waals surface area contributed by atoms with Gasteiger partial charge in [-0.1, -0.05) is 37.5 Å². The molecule has 1 heterocycles. The van der Waals surface area contributed by atoms with Gasteiger partial charge >= 0.3 is 41.5 Å². The molecule has 39 heavy (non-hydrogen) atoms. The molecule has 0 fully saturated rings. The van der Waals surface area contributed by atoms with E-state index in [1.807, 2.05) is 78.9 Å². The molecule has 200 valence electrons. The fourth-order valence-corrected chi connectivity index (χ4v) is 4.35. The molecule has 0 radical (unpaired) electrons. The average Bonchev–Trinajstić information content (AvgIpc) is 3.34. The zero-order chi connectivity index (χ0) is 26.7. The van der Waals surface area contributed by atoms with E-state index in [1.165, 1.54) is 0 Å². The Balaban J connectivity index is 0.00000420. The number of aliphatic carboxylic acids is 1. The molecular formula is C31H35N2NaO5. The summed E-state index contributed by atoms with van der Waals surface area (Å²) in [5, 5.41) is 8.80. The molecule has 0 unspecified atom stereocenters. The molecule has 4 aromatic rings. The van der Waals surface area contributed by atoms with Gasteiger partial charge in [-0.3, -0.25) is 9.36 Å². The number of para-hydroxylation sites is 1. The summed E-state index contributed by atoms with van der Waals surface area (Å²) in [6, 6.07) is 26.4. The summed E-state index contributed by atoms with van der Waals surface area (Å²) < 4.78 is 19.1. The summed E-state index contributed by atoms with van der Waals surface area (Å²) in [6.07, 6.45) is 4.68. The van der Waals surface area contributed by atoms with Crippen LogP contribution in [0.5, 0.6) is 17.5 Å². The van der Waals surface area contributed by atoms with Crippen LogP contribution in [0.2, 0.25) is 0 Å². The molecule has 0 saturated carbocycles. The number of rotatable bonds is 14. The Bertz CT molecular complexity index is 1310. The SMILES string of the molecule is COc1ccc(-c2nc(OCCCCCCCC(=O)O)n(-c3ccccc3)c2-c2ccc(OC)cc2)cc1.[NaH]. The Morgan fingerprint density at radius 3 is 1.92 bits per heavy atom. The summed E-state index contributed by atoms with van der Waals surface area (Å²) in [5.41, 5.74) is 4.63. The Hall–Kier alpha value is -3.26. The van der Waals surface area contributed by atoms with Crippen molar-refractivity contribution in [2.75, 3.05) is 20.8 Å². The van der Waals surface area contributed by atoms with Gasteiger partial charge in [0.2, 0.25) is 0 Å². The van der Waals surface area contributed by atoms with Gasteiger partial charge in [0.05, 0.1) is 32.2 Å². The first-order valence-corrected chi connectivity index (χ1v) is 12.9. The van der Waals surface area contributed by atoms with Crippen LogP contribution in [0.4, 0.5) is 0 Å². The molecule has 0 saturated heterocycles. The molecule has 0 aliphatic carbocycles. The number of imidazole rings is 1. The van der Waals surface area contributed by atoms with Crippen LogP contribution in [-0.2, 0) is 4.79 Å². The number of unbranched alkanes of at least 4 members (excludes halogenated alkanes) is 4. The average molecular weight is 539 g/mol. The topological polar surface area (TPSA) is 82.8 Å². The molecule has 1 aromatic heterocycles. The molecule has 4 rings (SSSR count). The molecule has 0 aliphatic heterocycles. The van der Waals surface area contributed by atoms with Crippen LogP contribution < -0.4 is 14.2 Å². The van der Waals surface area contributed by atoms with Crippen molar-refractivity contribution in [3.63, 3.8) is 0 Å². The van der Waals surface area contributed by atoms with Gasteiger partial charge < -0.3 is 19.3 Å². The molecule has 1 N–H and O–H groups in total. The summed E-state index contributed by atoms with van der Waals surface area (Å²) in [6.45, 7) is 0.521. The van der Waals surface area contributed by atoms with Gasteiger partial charge in [-0.15, -0.1) is 0 Å². The minimum atomic E-state index is -0.735. The maximum atomic E-state index is 10.7. The Labute approximate surface area is 252 Å². The number of carboxylic acid groups (broad SMARTS) is 1. The second-order valence-electron chi connectivity index (χ2n) is 8.98. The third-order valence-corrected chi connectivity index (χ3v) is 6.35. The van der Waals surface area contributed by atoms with Crippen LogP contribution in [0, 0.1) is 0 Å². The molecule has 3 aromatic carbocycles. The van der Waals surface area contributed by atoms with Crippen molar-refractivity contribution in [2.24, 2.45) is 0 Å². The number of nitrogens with zero attached hydrogens (tertiary/aromatic N) is 2. The quantitative estimate of drug-likeness (QED) is 0.148. The third kappa shape index (κ3) is 8.12. The normalized spacial score (nSPS) is 10.5. The van der Waals surface area contributed by atoms with Crippen molar-refractivity contribution in [3.8, 4) is 45.7 Å². The fourth-order valence-electron chi connectivity index (χ4n) is 4.35. The van der Waals surface area contributed by atoms with Crippen LogP contribution in [0.15, 0.2) is 78.9 Å². The van der Waals surface area contributed by atoms with E-state index in [1.54, 1.807) is 14.2 Å². The molecule has 0 atom stereocenters. The number of carbonyl (C=O) groups is 1. The monoisotopic (exact) mass is 538 g/mol. The van der Waals surface area contributed by atoms with Gasteiger partial charge in [-0.05, 0) is 73.5 Å². The second-order valence-corrected chi connectivity index (χ2v) is 8.98. The van der Waals surface area contributed by atoms with E-state index in [9.17, 15) is 4.79 Å². The van der Waals surface area contributed by atoms with E-state index in [-0.39, 0.29) is 36.0 Å². The minimum absolute atomic E-state index is 0. The Morgan fingerprint density at radius 2 is 1.33 bits per heavy atom. The van der Waals surface area contributed by atoms with Gasteiger partial charge in [0.25, 0.3) is 0 Å². The van der Waals surface area contributed by atoms with E-state index in [2.05, 4.69) is 4.57 Å². The number of carboxylic acids is 1. The molecule has 8 heteroatoms. The van der Waals surface area contributed by atoms with Crippen molar-refractivity contribution in [1.29, 1.82) is 0 Å². The molecular weight excluding hydrogens is 503 g/mol. The predicted octanol–water partition coefficient (Wildman–Crippen LogP) is 6.38. The van der Waals surface area contributed by atoms with E-state index in [0.717, 1.165) is 65.4 Å². The van der Waals surface area contributed by atoms with Crippen molar-refractivity contribution < 1.29 is 24.1 Å². The zero-order valence-electron chi connectivity index (χ0n) is 21.9. The van der Waals surface area contributed by atoms with E-state index >= 15 is 0 Å². The first-order chi connectivity index (χ1) is 18.6. The third-order valence-electron chi connectivity index (χ3n) is 6.35. The van der Waals surface area contributed by atoms with Crippen LogP contribution in [0.1, 0.15) is 38.5 Å². The van der Waals surface area contributed by atoms with Gasteiger partial charge in [0, 0.05) is 17.5 Å². The summed E-state index contributed by atoms with van der Waals surface area (Å²) in [4.78, 5) is 15.7. The van der Waals surface area contributed by atoms with Gasteiger partial charge in [-0.2, -0.15) is 4.98 Å². The zero-order valence-corrected chi connectivity index (χ0v) is 21.9. The number of benzene rings is 3. The van der Waals surface area contributed by atoms with Gasteiger partial charge in [0.15, 0.2) is 0 Å². The van der Waals surface area contributed by atoms with Crippen LogP contribution in [0.3, 0.4) is 0 Å². The molecule has 0 spiro atoms. The number of aromatic nitrogens is 2. The van der Waals surface area contributed by atoms with Crippen molar-refractivity contribution in [3.05, 3.63) is 78.9 Å². The summed E-state index contributed by atoms with van der Waals surface area (Å²) in [5.74, 6) is 0.828. The van der Waals surface area contributed by atoms with Crippen LogP contribution >= 0.6 is 0 Å². The van der Waals surface area contributed by atoms with Crippen LogP contribution in [-0.4, -0.2) is 71.0 Å². The molecule has 0 amide bonds. The second kappa shape index (κ2) is 15.4. The fraction of sp³-hybridized carbons (Fsp3) is 0.290. The van der Waals surface area contributed by atoms with Gasteiger partial charge in [0.1, 0.15) is 17.2 Å². The molecule has 7 nitrogen and oxygen atoms in total. The molecule has 0 aliphatic rings.